The van der Waals surface area contributed by atoms with Crippen molar-refractivity contribution in [2.75, 3.05) is 58.2 Å². The van der Waals surface area contributed by atoms with Crippen LogP contribution in [0.1, 0.15) is 30.1 Å². The highest BCUT2D eigenvalue weighted by Crippen LogP contribution is 2.29. The van der Waals surface area contributed by atoms with Gasteiger partial charge >= 0.3 is 0 Å². The van der Waals surface area contributed by atoms with E-state index in [9.17, 15) is 4.79 Å². The van der Waals surface area contributed by atoms with Crippen LogP contribution in [0.15, 0.2) is 12.1 Å². The molecule has 2 heterocycles. The summed E-state index contributed by atoms with van der Waals surface area (Å²) in [4.78, 5) is 15.1. The summed E-state index contributed by atoms with van der Waals surface area (Å²) in [7, 11) is 0. The molecule has 0 aliphatic carbocycles. The Morgan fingerprint density at radius 3 is 2.96 bits per heavy atom. The summed E-state index contributed by atoms with van der Waals surface area (Å²) in [6, 6.07) is 3.15. The van der Waals surface area contributed by atoms with Gasteiger partial charge in [-0.15, -0.1) is 0 Å². The molecule has 0 spiro atoms. The summed E-state index contributed by atoms with van der Waals surface area (Å²) < 4.78 is 11.4. The number of anilines is 1. The second-order valence-electron chi connectivity index (χ2n) is 7.46. The van der Waals surface area contributed by atoms with E-state index < -0.39 is 0 Å². The molecule has 2 aliphatic rings. The number of amides is 1. The monoisotopic (exact) mass is 410 g/mol. The minimum Gasteiger partial charge on any atom is -0.493 e. The van der Waals surface area contributed by atoms with E-state index in [1.54, 1.807) is 12.1 Å². The van der Waals surface area contributed by atoms with E-state index in [1.165, 1.54) is 12.8 Å². The lowest BCUT2D eigenvalue weighted by Crippen LogP contribution is -2.49. The van der Waals surface area contributed by atoms with Crippen LogP contribution in [0.4, 0.5) is 5.69 Å². The molecule has 2 fully saturated rings. The molecule has 3 rings (SSSR count). The molecule has 156 valence electrons. The van der Waals surface area contributed by atoms with Crippen molar-refractivity contribution >= 4 is 23.2 Å². The topological polar surface area (TPSA) is 88.8 Å². The second-order valence-corrected chi connectivity index (χ2v) is 7.87. The number of nitrogens with one attached hydrogen (secondary N) is 2. The predicted octanol–water partition coefficient (Wildman–Crippen LogP) is 1.75. The third-order valence-electron chi connectivity index (χ3n) is 5.33. The van der Waals surface area contributed by atoms with Crippen LogP contribution < -0.4 is 21.1 Å². The number of nitrogens with zero attached hydrogens (tertiary/aromatic N) is 1. The maximum atomic E-state index is 12.7. The van der Waals surface area contributed by atoms with Gasteiger partial charge in [-0.1, -0.05) is 11.6 Å². The lowest BCUT2D eigenvalue weighted by Gasteiger charge is -2.36. The van der Waals surface area contributed by atoms with Gasteiger partial charge in [-0.3, -0.25) is 9.69 Å². The van der Waals surface area contributed by atoms with Gasteiger partial charge in [0.25, 0.3) is 5.91 Å². The summed E-state index contributed by atoms with van der Waals surface area (Å²) in [5.74, 6) is 0.962. The number of carbonyl (C=O) groups excluding carboxylic acids is 1. The predicted molar refractivity (Wildman–Crippen MR) is 111 cm³/mol. The van der Waals surface area contributed by atoms with Gasteiger partial charge in [-0.2, -0.15) is 0 Å². The number of halogens is 1. The van der Waals surface area contributed by atoms with Crippen molar-refractivity contribution in [1.82, 2.24) is 15.5 Å². The molecule has 1 amide bonds. The fourth-order valence-corrected chi connectivity index (χ4v) is 3.99. The summed E-state index contributed by atoms with van der Waals surface area (Å²) >= 11 is 6.09. The number of carbonyl (C=O) groups is 1. The van der Waals surface area contributed by atoms with Crippen LogP contribution in [0.5, 0.6) is 5.75 Å². The normalized spacial score (nSPS) is 21.4. The molecule has 0 radical (unpaired) electrons. The van der Waals surface area contributed by atoms with Crippen molar-refractivity contribution in [3.8, 4) is 5.75 Å². The van der Waals surface area contributed by atoms with Gasteiger partial charge in [-0.05, 0) is 44.8 Å². The third-order valence-corrected chi connectivity index (χ3v) is 5.66. The Bertz CT molecular complexity index is 667. The lowest BCUT2D eigenvalue weighted by molar-refractivity contribution is -0.0320. The van der Waals surface area contributed by atoms with Gasteiger partial charge in [-0.25, -0.2) is 0 Å². The van der Waals surface area contributed by atoms with E-state index in [0.29, 0.717) is 41.8 Å². The first-order chi connectivity index (χ1) is 13.6. The summed E-state index contributed by atoms with van der Waals surface area (Å²) in [5.41, 5.74) is 6.62. The van der Waals surface area contributed by atoms with Crippen molar-refractivity contribution in [3.63, 3.8) is 0 Å². The van der Waals surface area contributed by atoms with Gasteiger partial charge in [0.1, 0.15) is 5.75 Å². The van der Waals surface area contributed by atoms with Crippen molar-refractivity contribution in [2.45, 2.75) is 25.9 Å². The average molecular weight is 411 g/mol. The van der Waals surface area contributed by atoms with E-state index >= 15 is 0 Å². The maximum absolute atomic E-state index is 12.7. The quantitative estimate of drug-likeness (QED) is 0.593. The summed E-state index contributed by atoms with van der Waals surface area (Å²) in [5, 5.41) is 6.71. The van der Waals surface area contributed by atoms with Gasteiger partial charge < -0.3 is 25.8 Å². The first-order valence-corrected chi connectivity index (χ1v) is 10.5. The average Bonchev–Trinajstić information content (AvgIpc) is 2.70. The van der Waals surface area contributed by atoms with Crippen molar-refractivity contribution in [3.05, 3.63) is 22.7 Å². The van der Waals surface area contributed by atoms with E-state index in [2.05, 4.69) is 15.5 Å². The van der Waals surface area contributed by atoms with Crippen molar-refractivity contribution in [1.29, 1.82) is 0 Å². The SMILES string of the molecule is CCOc1cc(N)c(Cl)cc1C(=O)NC[C@@H]1CN(CC2CCNCC2)CCO1. The van der Waals surface area contributed by atoms with E-state index in [0.717, 1.165) is 38.6 Å². The first kappa shape index (κ1) is 21.2. The number of hydrogen-bond acceptors (Lipinski definition) is 6. The smallest absolute Gasteiger partial charge is 0.255 e. The number of nitrogens with two attached hydrogens (primary N) is 1. The van der Waals surface area contributed by atoms with E-state index in [-0.39, 0.29) is 12.0 Å². The molecule has 0 aromatic heterocycles. The largest absolute Gasteiger partial charge is 0.493 e. The molecule has 28 heavy (non-hydrogen) atoms. The molecule has 2 saturated heterocycles. The Hall–Kier alpha value is -1.54. The van der Waals surface area contributed by atoms with Crippen LogP contribution in [-0.2, 0) is 4.74 Å². The molecule has 0 unspecified atom stereocenters. The number of ether oxygens (including phenoxy) is 2. The zero-order valence-electron chi connectivity index (χ0n) is 16.5. The third kappa shape index (κ3) is 5.73. The molecule has 1 aromatic carbocycles. The Balaban J connectivity index is 1.53. The molecule has 1 atom stereocenters. The Morgan fingerprint density at radius 2 is 2.21 bits per heavy atom. The molecule has 1 aromatic rings. The number of benzene rings is 1. The lowest BCUT2D eigenvalue weighted by atomic mass is 9.97. The summed E-state index contributed by atoms with van der Waals surface area (Å²) in [6.07, 6.45) is 2.45. The fraction of sp³-hybridized carbons (Fsp3) is 0.650. The maximum Gasteiger partial charge on any atom is 0.255 e. The Labute approximate surface area is 171 Å². The zero-order chi connectivity index (χ0) is 19.9. The number of piperidine rings is 1. The minimum atomic E-state index is -0.232. The van der Waals surface area contributed by atoms with Crippen LogP contribution in [0.2, 0.25) is 5.02 Å². The van der Waals surface area contributed by atoms with E-state index in [1.807, 2.05) is 6.92 Å². The van der Waals surface area contributed by atoms with Crippen molar-refractivity contribution in [2.24, 2.45) is 5.92 Å². The highest BCUT2D eigenvalue weighted by Gasteiger charge is 2.25. The van der Waals surface area contributed by atoms with Crippen molar-refractivity contribution < 1.29 is 14.3 Å². The van der Waals surface area contributed by atoms with Gasteiger partial charge in [0, 0.05) is 32.2 Å². The Morgan fingerprint density at radius 1 is 1.43 bits per heavy atom. The second kappa shape index (κ2) is 10.3. The molecular formula is C20H31ClN4O3. The number of hydrogen-bond donors (Lipinski definition) is 3. The highest BCUT2D eigenvalue weighted by molar-refractivity contribution is 6.33. The van der Waals surface area contributed by atoms with Crippen LogP contribution in [0.3, 0.4) is 0 Å². The van der Waals surface area contributed by atoms with Gasteiger partial charge in [0.2, 0.25) is 0 Å². The zero-order valence-corrected chi connectivity index (χ0v) is 17.3. The number of nitrogen functional groups attached to an aromatic ring is 1. The summed E-state index contributed by atoms with van der Waals surface area (Å²) in [6.45, 7) is 8.58. The Kier molecular flexibility index (Phi) is 7.79. The van der Waals surface area contributed by atoms with Crippen LogP contribution in [0, 0.1) is 5.92 Å². The van der Waals surface area contributed by atoms with Gasteiger partial charge in [0.05, 0.1) is 35.6 Å². The van der Waals surface area contributed by atoms with Gasteiger partial charge in [0.15, 0.2) is 0 Å². The highest BCUT2D eigenvalue weighted by atomic mass is 35.5. The number of morpholine rings is 1. The molecule has 0 bridgehead atoms. The van der Waals surface area contributed by atoms with Crippen LogP contribution >= 0.6 is 11.6 Å². The molecule has 0 saturated carbocycles. The van der Waals surface area contributed by atoms with E-state index in [4.69, 9.17) is 26.8 Å². The number of rotatable bonds is 7. The fourth-order valence-electron chi connectivity index (χ4n) is 3.82. The first-order valence-electron chi connectivity index (χ1n) is 10.1. The molecule has 4 N–H and O–H groups in total. The molecular weight excluding hydrogens is 380 g/mol. The minimum absolute atomic E-state index is 0.0146. The molecule has 7 nitrogen and oxygen atoms in total. The molecule has 8 heteroatoms. The van der Waals surface area contributed by atoms with Crippen LogP contribution in [-0.4, -0.2) is 69.4 Å². The van der Waals surface area contributed by atoms with Crippen LogP contribution in [0.25, 0.3) is 0 Å². The standard InChI is InChI=1S/C20H31ClN4O3/c1-2-27-19-10-18(22)17(21)9-16(19)20(26)24-11-15-13-25(7-8-28-15)12-14-3-5-23-6-4-14/h9-10,14-15,23H,2-8,11-13,22H2,1H3,(H,24,26)/t15-/m1/s1. The molecule has 2 aliphatic heterocycles.